The number of aryl methyl sites for hydroxylation is 1. The summed E-state index contributed by atoms with van der Waals surface area (Å²) in [5.41, 5.74) is 2.86. The molecule has 0 atom stereocenters. The molecule has 0 radical (unpaired) electrons. The number of carbonyl (C=O) groups excluding carboxylic acids is 1. The van der Waals surface area contributed by atoms with Gasteiger partial charge in [-0.05, 0) is 49.1 Å². The van der Waals surface area contributed by atoms with Crippen LogP contribution >= 0.6 is 12.4 Å². The van der Waals surface area contributed by atoms with Crippen LogP contribution in [-0.2, 0) is 16.0 Å². The van der Waals surface area contributed by atoms with Crippen LogP contribution in [0.5, 0.6) is 0 Å². The zero-order chi connectivity index (χ0) is 18.4. The SMILES string of the molecule is Cl.O=C(O)CCc1ccc(NC(=O)C2CCN(c3ccncc3)CC2)cc1. The Kier molecular flexibility index (Phi) is 7.61. The Bertz CT molecular complexity index is 745. The van der Waals surface area contributed by atoms with E-state index < -0.39 is 5.97 Å². The molecule has 0 bridgehead atoms. The number of carboxylic acid groups (broad SMARTS) is 1. The molecule has 7 heteroatoms. The van der Waals surface area contributed by atoms with Gasteiger partial charge >= 0.3 is 5.97 Å². The van der Waals surface area contributed by atoms with Crippen molar-refractivity contribution in [3.8, 4) is 0 Å². The predicted molar refractivity (Wildman–Crippen MR) is 107 cm³/mol. The highest BCUT2D eigenvalue weighted by Crippen LogP contribution is 2.24. The minimum absolute atomic E-state index is 0. The number of hydrogen-bond acceptors (Lipinski definition) is 4. The molecule has 0 unspecified atom stereocenters. The van der Waals surface area contributed by atoms with Crippen molar-refractivity contribution in [2.24, 2.45) is 5.92 Å². The number of rotatable bonds is 6. The number of carboxylic acids is 1. The minimum Gasteiger partial charge on any atom is -0.481 e. The molecule has 0 saturated carbocycles. The van der Waals surface area contributed by atoms with Crippen molar-refractivity contribution >= 4 is 35.7 Å². The van der Waals surface area contributed by atoms with Crippen LogP contribution in [0.15, 0.2) is 48.8 Å². The van der Waals surface area contributed by atoms with E-state index in [4.69, 9.17) is 5.11 Å². The fraction of sp³-hybridized carbons (Fsp3) is 0.350. The maximum absolute atomic E-state index is 12.5. The summed E-state index contributed by atoms with van der Waals surface area (Å²) in [5.74, 6) is -0.738. The predicted octanol–water partition coefficient (Wildman–Crippen LogP) is 3.38. The average molecular weight is 390 g/mol. The lowest BCUT2D eigenvalue weighted by molar-refractivity contribution is -0.137. The van der Waals surface area contributed by atoms with Gasteiger partial charge in [0, 0.05) is 49.2 Å². The first-order valence-electron chi connectivity index (χ1n) is 8.88. The van der Waals surface area contributed by atoms with E-state index in [-0.39, 0.29) is 30.7 Å². The molecule has 6 nitrogen and oxygen atoms in total. The second kappa shape index (κ2) is 9.92. The number of amides is 1. The second-order valence-corrected chi connectivity index (χ2v) is 6.55. The molecule has 1 amide bonds. The first kappa shape index (κ1) is 20.7. The van der Waals surface area contributed by atoms with E-state index in [0.29, 0.717) is 6.42 Å². The lowest BCUT2D eigenvalue weighted by atomic mass is 9.95. The van der Waals surface area contributed by atoms with Crippen LogP contribution in [0.25, 0.3) is 0 Å². The smallest absolute Gasteiger partial charge is 0.303 e. The number of aromatic nitrogens is 1. The summed E-state index contributed by atoms with van der Waals surface area (Å²) in [6.45, 7) is 1.71. The Morgan fingerprint density at radius 2 is 1.70 bits per heavy atom. The number of nitrogens with one attached hydrogen (secondary N) is 1. The van der Waals surface area contributed by atoms with Crippen LogP contribution in [0.2, 0.25) is 0 Å². The van der Waals surface area contributed by atoms with E-state index in [1.165, 1.54) is 0 Å². The van der Waals surface area contributed by atoms with Crippen molar-refractivity contribution in [3.63, 3.8) is 0 Å². The van der Waals surface area contributed by atoms with Crippen LogP contribution in [0.3, 0.4) is 0 Å². The average Bonchev–Trinajstić information content (AvgIpc) is 2.68. The van der Waals surface area contributed by atoms with Crippen molar-refractivity contribution in [1.29, 1.82) is 0 Å². The molecule has 2 N–H and O–H groups in total. The highest BCUT2D eigenvalue weighted by Gasteiger charge is 2.25. The number of aliphatic carboxylic acids is 1. The molecule has 2 aromatic rings. The highest BCUT2D eigenvalue weighted by atomic mass is 35.5. The van der Waals surface area contributed by atoms with Crippen LogP contribution in [0.1, 0.15) is 24.8 Å². The normalized spacial score (nSPS) is 14.3. The molecular formula is C20H24ClN3O3. The summed E-state index contributed by atoms with van der Waals surface area (Å²) in [7, 11) is 0. The van der Waals surface area contributed by atoms with Crippen LogP contribution in [0.4, 0.5) is 11.4 Å². The minimum atomic E-state index is -0.805. The first-order chi connectivity index (χ1) is 12.6. The number of halogens is 1. The Balaban J connectivity index is 0.00000261. The zero-order valence-corrected chi connectivity index (χ0v) is 15.8. The van der Waals surface area contributed by atoms with Gasteiger partial charge in [-0.25, -0.2) is 0 Å². The van der Waals surface area contributed by atoms with Crippen LogP contribution in [-0.4, -0.2) is 35.1 Å². The summed E-state index contributed by atoms with van der Waals surface area (Å²) >= 11 is 0. The molecule has 1 saturated heterocycles. The Hall–Kier alpha value is -2.60. The van der Waals surface area contributed by atoms with Gasteiger partial charge in [0.15, 0.2) is 0 Å². The third-order valence-corrected chi connectivity index (χ3v) is 4.74. The topological polar surface area (TPSA) is 82.5 Å². The van der Waals surface area contributed by atoms with Gasteiger partial charge in [0.05, 0.1) is 0 Å². The quantitative estimate of drug-likeness (QED) is 0.791. The van der Waals surface area contributed by atoms with E-state index in [1.807, 2.05) is 36.4 Å². The third kappa shape index (κ3) is 5.96. The van der Waals surface area contributed by atoms with Gasteiger partial charge in [-0.15, -0.1) is 12.4 Å². The molecule has 3 rings (SSSR count). The van der Waals surface area contributed by atoms with Crippen molar-refractivity contribution in [2.75, 3.05) is 23.3 Å². The Labute approximate surface area is 165 Å². The summed E-state index contributed by atoms with van der Waals surface area (Å²) in [4.78, 5) is 29.4. The molecule has 1 aliphatic heterocycles. The van der Waals surface area contributed by atoms with Crippen LogP contribution < -0.4 is 10.2 Å². The fourth-order valence-electron chi connectivity index (χ4n) is 3.21. The van der Waals surface area contributed by atoms with Gasteiger partial charge in [-0.2, -0.15) is 0 Å². The number of nitrogens with zero attached hydrogens (tertiary/aromatic N) is 2. The Morgan fingerprint density at radius 1 is 1.07 bits per heavy atom. The van der Waals surface area contributed by atoms with Gasteiger partial charge in [-0.1, -0.05) is 12.1 Å². The summed E-state index contributed by atoms with van der Waals surface area (Å²) in [6, 6.07) is 11.4. The number of benzene rings is 1. The number of piperidine rings is 1. The highest BCUT2D eigenvalue weighted by molar-refractivity contribution is 5.92. The van der Waals surface area contributed by atoms with Crippen molar-refractivity contribution in [2.45, 2.75) is 25.7 Å². The number of pyridine rings is 1. The largest absolute Gasteiger partial charge is 0.481 e. The lowest BCUT2D eigenvalue weighted by Crippen LogP contribution is -2.38. The monoisotopic (exact) mass is 389 g/mol. The van der Waals surface area contributed by atoms with Crippen molar-refractivity contribution in [3.05, 3.63) is 54.4 Å². The maximum atomic E-state index is 12.5. The molecule has 1 aromatic carbocycles. The summed E-state index contributed by atoms with van der Waals surface area (Å²) < 4.78 is 0. The number of hydrogen-bond donors (Lipinski definition) is 2. The lowest BCUT2D eigenvalue weighted by Gasteiger charge is -2.32. The van der Waals surface area contributed by atoms with Gasteiger partial charge in [-0.3, -0.25) is 14.6 Å². The molecule has 2 heterocycles. The Morgan fingerprint density at radius 3 is 2.30 bits per heavy atom. The summed E-state index contributed by atoms with van der Waals surface area (Å²) in [6.07, 6.45) is 5.83. The molecule has 1 aromatic heterocycles. The van der Waals surface area contributed by atoms with E-state index in [1.54, 1.807) is 12.4 Å². The standard InChI is InChI=1S/C20H23N3O3.ClH/c24-19(25)6-3-15-1-4-17(5-2-15)22-20(26)16-9-13-23(14-10-16)18-7-11-21-12-8-18;/h1-2,4-5,7-8,11-12,16H,3,6,9-10,13-14H2,(H,22,26)(H,24,25);1H. The molecule has 144 valence electrons. The van der Waals surface area contributed by atoms with Gasteiger partial charge in [0.25, 0.3) is 0 Å². The fourth-order valence-corrected chi connectivity index (χ4v) is 3.21. The first-order valence-corrected chi connectivity index (χ1v) is 8.88. The van der Waals surface area contributed by atoms with Gasteiger partial charge < -0.3 is 15.3 Å². The van der Waals surface area contributed by atoms with E-state index in [2.05, 4.69) is 15.2 Å². The molecule has 0 spiro atoms. The molecule has 1 fully saturated rings. The second-order valence-electron chi connectivity index (χ2n) is 6.55. The zero-order valence-electron chi connectivity index (χ0n) is 15.0. The molecular weight excluding hydrogens is 366 g/mol. The number of carbonyl (C=O) groups is 2. The molecule has 0 aliphatic carbocycles. The summed E-state index contributed by atoms with van der Waals surface area (Å²) in [5, 5.41) is 11.7. The molecule has 27 heavy (non-hydrogen) atoms. The van der Waals surface area contributed by atoms with E-state index in [0.717, 1.165) is 42.9 Å². The van der Waals surface area contributed by atoms with E-state index in [9.17, 15) is 9.59 Å². The van der Waals surface area contributed by atoms with Crippen molar-refractivity contribution in [1.82, 2.24) is 4.98 Å². The van der Waals surface area contributed by atoms with E-state index >= 15 is 0 Å². The maximum Gasteiger partial charge on any atom is 0.303 e. The van der Waals surface area contributed by atoms with Gasteiger partial charge in [0.2, 0.25) is 5.91 Å². The third-order valence-electron chi connectivity index (χ3n) is 4.74. The van der Waals surface area contributed by atoms with Crippen molar-refractivity contribution < 1.29 is 14.7 Å². The van der Waals surface area contributed by atoms with Gasteiger partial charge in [0.1, 0.15) is 0 Å². The number of anilines is 2. The van der Waals surface area contributed by atoms with Crippen LogP contribution in [0, 0.1) is 5.92 Å². The molecule has 1 aliphatic rings.